The first-order valence-corrected chi connectivity index (χ1v) is 9.39. The Hall–Kier alpha value is -0.850. The van der Waals surface area contributed by atoms with E-state index in [1.54, 1.807) is 0 Å². The zero-order chi connectivity index (χ0) is 16.3. The Morgan fingerprint density at radius 2 is 1.74 bits per heavy atom. The highest BCUT2D eigenvalue weighted by molar-refractivity contribution is 5.80. The molecule has 0 aromatic rings. The number of aliphatic imine (C=N–C) groups is 1. The average Bonchev–Trinajstić information content (AvgIpc) is 2.58. The molecule has 0 aliphatic carbocycles. The molecule has 2 heterocycles. The van der Waals surface area contributed by atoms with Gasteiger partial charge in [0, 0.05) is 45.3 Å². The van der Waals surface area contributed by atoms with Crippen LogP contribution in [0.25, 0.3) is 0 Å². The summed E-state index contributed by atoms with van der Waals surface area (Å²) in [6.07, 6.45) is 3.69. The van der Waals surface area contributed by atoms with Crippen LogP contribution < -0.4 is 10.6 Å². The van der Waals surface area contributed by atoms with Gasteiger partial charge in [-0.05, 0) is 32.7 Å². The summed E-state index contributed by atoms with van der Waals surface area (Å²) in [6.45, 7) is 14.6. The minimum absolute atomic E-state index is 0.560. The van der Waals surface area contributed by atoms with Crippen molar-refractivity contribution in [1.29, 1.82) is 0 Å². The van der Waals surface area contributed by atoms with Crippen LogP contribution in [-0.4, -0.2) is 87.4 Å². The van der Waals surface area contributed by atoms with Gasteiger partial charge in [-0.2, -0.15) is 0 Å². The lowest BCUT2D eigenvalue weighted by molar-refractivity contribution is 0.0394. The fraction of sp³-hybridized carbons (Fsp3) is 0.941. The Morgan fingerprint density at radius 3 is 2.39 bits per heavy atom. The summed E-state index contributed by atoms with van der Waals surface area (Å²) in [4.78, 5) is 9.76. The van der Waals surface area contributed by atoms with Crippen LogP contribution in [0.1, 0.15) is 33.1 Å². The van der Waals surface area contributed by atoms with E-state index in [9.17, 15) is 0 Å². The number of ether oxygens (including phenoxy) is 1. The largest absolute Gasteiger partial charge is 0.379 e. The molecule has 23 heavy (non-hydrogen) atoms. The molecular weight excluding hydrogens is 290 g/mol. The number of piperidine rings is 1. The monoisotopic (exact) mass is 325 g/mol. The predicted octanol–water partition coefficient (Wildman–Crippen LogP) is 0.748. The lowest BCUT2D eigenvalue weighted by Gasteiger charge is -2.33. The molecule has 2 saturated heterocycles. The van der Waals surface area contributed by atoms with Gasteiger partial charge in [0.05, 0.1) is 19.8 Å². The topological polar surface area (TPSA) is 52.1 Å². The number of guanidine groups is 1. The van der Waals surface area contributed by atoms with E-state index < -0.39 is 0 Å². The van der Waals surface area contributed by atoms with Crippen LogP contribution in [0.3, 0.4) is 0 Å². The summed E-state index contributed by atoms with van der Waals surface area (Å²) in [7, 11) is 0. The Labute approximate surface area is 141 Å². The number of hydrogen-bond acceptors (Lipinski definition) is 4. The van der Waals surface area contributed by atoms with Crippen molar-refractivity contribution >= 4 is 5.96 Å². The minimum Gasteiger partial charge on any atom is -0.379 e. The molecule has 0 aromatic carbocycles. The first-order chi connectivity index (χ1) is 11.3. The maximum Gasteiger partial charge on any atom is 0.191 e. The summed E-state index contributed by atoms with van der Waals surface area (Å²) in [5.74, 6) is 0.981. The van der Waals surface area contributed by atoms with Gasteiger partial charge >= 0.3 is 0 Å². The summed E-state index contributed by atoms with van der Waals surface area (Å²) >= 11 is 0. The van der Waals surface area contributed by atoms with Crippen LogP contribution in [-0.2, 0) is 4.74 Å². The van der Waals surface area contributed by atoms with Crippen LogP contribution >= 0.6 is 0 Å². The molecule has 0 aromatic heterocycles. The number of nitrogens with zero attached hydrogens (tertiary/aromatic N) is 3. The number of rotatable bonds is 7. The first-order valence-electron chi connectivity index (χ1n) is 9.39. The molecule has 6 heteroatoms. The lowest BCUT2D eigenvalue weighted by atomic mass is 10.1. The van der Waals surface area contributed by atoms with E-state index in [0.717, 1.165) is 51.9 Å². The van der Waals surface area contributed by atoms with E-state index >= 15 is 0 Å². The van der Waals surface area contributed by atoms with Crippen LogP contribution in [0.5, 0.6) is 0 Å². The van der Waals surface area contributed by atoms with E-state index in [-0.39, 0.29) is 0 Å². The number of nitrogens with one attached hydrogen (secondary N) is 2. The Balaban J connectivity index is 1.71. The first kappa shape index (κ1) is 18.5. The molecule has 6 nitrogen and oxygen atoms in total. The molecule has 0 amide bonds. The predicted molar refractivity (Wildman–Crippen MR) is 96.1 cm³/mol. The molecule has 0 bridgehead atoms. The van der Waals surface area contributed by atoms with E-state index in [1.165, 1.54) is 38.9 Å². The summed E-state index contributed by atoms with van der Waals surface area (Å²) in [6, 6.07) is 0.560. The zero-order valence-corrected chi connectivity index (χ0v) is 15.0. The number of hydrogen-bond donors (Lipinski definition) is 2. The van der Waals surface area contributed by atoms with Gasteiger partial charge in [0.15, 0.2) is 5.96 Å². The molecule has 2 N–H and O–H groups in total. The van der Waals surface area contributed by atoms with Crippen molar-refractivity contribution in [3.05, 3.63) is 0 Å². The van der Waals surface area contributed by atoms with E-state index in [4.69, 9.17) is 9.73 Å². The molecule has 0 radical (unpaired) electrons. The van der Waals surface area contributed by atoms with Gasteiger partial charge < -0.3 is 20.3 Å². The normalized spacial score (nSPS) is 22.3. The van der Waals surface area contributed by atoms with E-state index in [0.29, 0.717) is 6.04 Å². The molecule has 2 fully saturated rings. The Kier molecular flexibility index (Phi) is 8.71. The van der Waals surface area contributed by atoms with Crippen molar-refractivity contribution in [1.82, 2.24) is 20.4 Å². The quantitative estimate of drug-likeness (QED) is 0.534. The van der Waals surface area contributed by atoms with Crippen molar-refractivity contribution < 1.29 is 4.74 Å². The van der Waals surface area contributed by atoms with Crippen molar-refractivity contribution in [2.75, 3.05) is 65.6 Å². The van der Waals surface area contributed by atoms with Crippen LogP contribution in [0, 0.1) is 0 Å². The van der Waals surface area contributed by atoms with Crippen molar-refractivity contribution in [3.8, 4) is 0 Å². The Morgan fingerprint density at radius 1 is 1.04 bits per heavy atom. The standard InChI is InChI=1S/C17H35N5O/c1-3-8-21-9-5-16(6-10-21)20-17(18-4-2)19-7-11-22-12-14-23-15-13-22/h16H,3-15H2,1-2H3,(H2,18,19,20). The maximum absolute atomic E-state index is 5.39. The third-order valence-corrected chi connectivity index (χ3v) is 4.60. The van der Waals surface area contributed by atoms with Crippen LogP contribution in [0.4, 0.5) is 0 Å². The second-order valence-corrected chi connectivity index (χ2v) is 6.47. The molecule has 2 aliphatic heterocycles. The highest BCUT2D eigenvalue weighted by Gasteiger charge is 2.19. The second kappa shape index (κ2) is 10.8. The Bertz CT molecular complexity index is 336. The van der Waals surface area contributed by atoms with Crippen molar-refractivity contribution in [2.45, 2.75) is 39.2 Å². The van der Waals surface area contributed by atoms with Gasteiger partial charge in [-0.1, -0.05) is 6.92 Å². The van der Waals surface area contributed by atoms with Gasteiger partial charge in [0.2, 0.25) is 0 Å². The van der Waals surface area contributed by atoms with Crippen LogP contribution in [0.2, 0.25) is 0 Å². The lowest BCUT2D eigenvalue weighted by Crippen LogP contribution is -2.49. The smallest absolute Gasteiger partial charge is 0.191 e. The van der Waals surface area contributed by atoms with Gasteiger partial charge in [-0.3, -0.25) is 9.89 Å². The van der Waals surface area contributed by atoms with Gasteiger partial charge in [-0.25, -0.2) is 0 Å². The molecule has 134 valence electrons. The average molecular weight is 326 g/mol. The second-order valence-electron chi connectivity index (χ2n) is 6.47. The van der Waals surface area contributed by atoms with Crippen LogP contribution in [0.15, 0.2) is 4.99 Å². The molecule has 2 aliphatic rings. The highest BCUT2D eigenvalue weighted by Crippen LogP contribution is 2.10. The fourth-order valence-electron chi connectivity index (χ4n) is 3.26. The minimum atomic E-state index is 0.560. The third kappa shape index (κ3) is 7.06. The third-order valence-electron chi connectivity index (χ3n) is 4.60. The van der Waals surface area contributed by atoms with E-state index in [2.05, 4.69) is 34.3 Å². The van der Waals surface area contributed by atoms with Crippen molar-refractivity contribution in [3.63, 3.8) is 0 Å². The number of likely N-dealkylation sites (tertiary alicyclic amines) is 1. The number of morpholine rings is 1. The molecular formula is C17H35N5O. The summed E-state index contributed by atoms with van der Waals surface area (Å²) in [5.41, 5.74) is 0. The summed E-state index contributed by atoms with van der Waals surface area (Å²) in [5, 5.41) is 7.01. The molecule has 0 atom stereocenters. The molecule has 0 saturated carbocycles. The van der Waals surface area contributed by atoms with Gasteiger partial charge in [0.25, 0.3) is 0 Å². The molecule has 2 rings (SSSR count). The van der Waals surface area contributed by atoms with Crippen molar-refractivity contribution in [2.24, 2.45) is 4.99 Å². The highest BCUT2D eigenvalue weighted by atomic mass is 16.5. The van der Waals surface area contributed by atoms with Gasteiger partial charge in [-0.15, -0.1) is 0 Å². The zero-order valence-electron chi connectivity index (χ0n) is 15.0. The molecule has 0 spiro atoms. The molecule has 0 unspecified atom stereocenters. The van der Waals surface area contributed by atoms with E-state index in [1.807, 2.05) is 0 Å². The van der Waals surface area contributed by atoms with Gasteiger partial charge in [0.1, 0.15) is 0 Å². The SMILES string of the molecule is CCCN1CCC(NC(=NCCN2CCOCC2)NCC)CC1. The maximum atomic E-state index is 5.39. The summed E-state index contributed by atoms with van der Waals surface area (Å²) < 4.78 is 5.39. The fourth-order valence-corrected chi connectivity index (χ4v) is 3.26.